The molecule has 0 saturated carbocycles. The van der Waals surface area contributed by atoms with Crippen molar-refractivity contribution in [1.82, 2.24) is 14.1 Å². The van der Waals surface area contributed by atoms with Gasteiger partial charge in [0, 0.05) is 29.1 Å². The molecule has 0 saturated heterocycles. The molecule has 0 N–H and O–H groups in total. The van der Waals surface area contributed by atoms with Gasteiger partial charge in [0.1, 0.15) is 28.7 Å². The maximum Gasteiger partial charge on any atom is 0.255 e. The number of rotatable bonds is 5. The number of benzene rings is 5. The van der Waals surface area contributed by atoms with Crippen LogP contribution >= 0.6 is 0 Å². The van der Waals surface area contributed by atoms with Crippen molar-refractivity contribution in [3.63, 3.8) is 0 Å². The van der Waals surface area contributed by atoms with Crippen LogP contribution in [0.4, 0.5) is 0 Å². The number of aromatic nitrogens is 4. The van der Waals surface area contributed by atoms with Gasteiger partial charge in [-0.1, -0.05) is 75.4 Å². The maximum atomic E-state index is 6.56. The number of hydrogen-bond acceptors (Lipinski definition) is 2. The summed E-state index contributed by atoms with van der Waals surface area (Å²) in [5, 5.41) is 2.36. The normalized spacial score (nSPS) is 11.9. The number of ether oxygens (including phenoxy) is 1. The van der Waals surface area contributed by atoms with E-state index < -0.39 is 0 Å². The van der Waals surface area contributed by atoms with Gasteiger partial charge in [-0.2, -0.15) is 9.13 Å². The first kappa shape index (κ1) is 26.9. The van der Waals surface area contributed by atoms with Crippen LogP contribution in [0, 0.1) is 0 Å². The average molecular weight is 586 g/mol. The van der Waals surface area contributed by atoms with E-state index in [-0.39, 0.29) is 5.41 Å². The largest absolute Gasteiger partial charge is 0.457 e. The smallest absolute Gasteiger partial charge is 0.255 e. The van der Waals surface area contributed by atoms with Crippen molar-refractivity contribution >= 4 is 32.8 Å². The third-order valence-corrected chi connectivity index (χ3v) is 8.48. The molecule has 0 unspecified atom stereocenters. The van der Waals surface area contributed by atoms with Gasteiger partial charge in [-0.15, -0.1) is 0 Å². The van der Waals surface area contributed by atoms with Gasteiger partial charge in [0.15, 0.2) is 11.0 Å². The van der Waals surface area contributed by atoms with Crippen molar-refractivity contribution < 1.29 is 9.30 Å². The Bertz CT molecular complexity index is 2340. The minimum atomic E-state index is 0.0150. The first-order chi connectivity index (χ1) is 21.9. The lowest BCUT2D eigenvalue weighted by atomic mass is 9.88. The van der Waals surface area contributed by atoms with Crippen LogP contribution in [0.2, 0.25) is 0 Å². The summed E-state index contributed by atoms with van der Waals surface area (Å²) >= 11 is 0. The third-order valence-electron chi connectivity index (χ3n) is 8.48. The van der Waals surface area contributed by atoms with Crippen molar-refractivity contribution in [2.45, 2.75) is 26.2 Å². The van der Waals surface area contributed by atoms with Crippen LogP contribution in [-0.4, -0.2) is 14.1 Å². The van der Waals surface area contributed by atoms with Crippen LogP contribution in [0.1, 0.15) is 26.3 Å². The van der Waals surface area contributed by atoms with Crippen LogP contribution in [0.25, 0.3) is 50.0 Å². The summed E-state index contributed by atoms with van der Waals surface area (Å²) in [7, 11) is 0. The highest BCUT2D eigenvalue weighted by Crippen LogP contribution is 2.36. The molecule has 8 aromatic rings. The van der Waals surface area contributed by atoms with E-state index in [1.54, 1.807) is 0 Å². The summed E-state index contributed by atoms with van der Waals surface area (Å²) in [6, 6.07) is 46.3. The van der Waals surface area contributed by atoms with E-state index >= 15 is 0 Å². The van der Waals surface area contributed by atoms with E-state index in [0.29, 0.717) is 0 Å². The molecule has 0 fully saturated rings. The molecule has 0 bridgehead atoms. The Morgan fingerprint density at radius 1 is 0.622 bits per heavy atom. The van der Waals surface area contributed by atoms with Gasteiger partial charge in [0.2, 0.25) is 0 Å². The van der Waals surface area contributed by atoms with Gasteiger partial charge in [-0.25, -0.2) is 4.98 Å². The maximum absolute atomic E-state index is 6.56. The minimum Gasteiger partial charge on any atom is -0.457 e. The predicted molar refractivity (Wildman–Crippen MR) is 182 cm³/mol. The van der Waals surface area contributed by atoms with Crippen LogP contribution in [0.5, 0.6) is 11.5 Å². The number of nitrogens with zero attached hydrogens (tertiary/aromatic N) is 4. The Kier molecular flexibility index (Phi) is 6.27. The number of pyridine rings is 1. The van der Waals surface area contributed by atoms with Gasteiger partial charge in [0.05, 0.1) is 11.0 Å². The Morgan fingerprint density at radius 3 is 2.20 bits per heavy atom. The molecule has 0 radical (unpaired) electrons. The zero-order valence-corrected chi connectivity index (χ0v) is 25.6. The molecule has 218 valence electrons. The van der Waals surface area contributed by atoms with Gasteiger partial charge in [0.25, 0.3) is 6.33 Å². The highest BCUT2D eigenvalue weighted by atomic mass is 16.5. The summed E-state index contributed by atoms with van der Waals surface area (Å²) in [4.78, 5) is 4.82. The fourth-order valence-corrected chi connectivity index (χ4v) is 6.21. The van der Waals surface area contributed by atoms with Crippen LogP contribution in [0.15, 0.2) is 146 Å². The fourth-order valence-electron chi connectivity index (χ4n) is 6.21. The number of imidazole rings is 1. The van der Waals surface area contributed by atoms with E-state index in [2.05, 4.69) is 156 Å². The Hall–Kier alpha value is -5.68. The molecule has 0 amide bonds. The lowest BCUT2D eigenvalue weighted by molar-refractivity contribution is -0.567. The Labute approximate surface area is 262 Å². The third kappa shape index (κ3) is 4.74. The average Bonchev–Trinajstić information content (AvgIpc) is 3.61. The van der Waals surface area contributed by atoms with Gasteiger partial charge in [-0.05, 0) is 77.7 Å². The zero-order chi connectivity index (χ0) is 30.5. The van der Waals surface area contributed by atoms with E-state index in [9.17, 15) is 0 Å². The van der Waals surface area contributed by atoms with Crippen LogP contribution < -0.4 is 9.30 Å². The molecule has 3 heterocycles. The SMILES string of the molecule is CC(C)(C)c1ccnc(-n2c3ccccc3c3ccc(Oc4cccc(-n5c[n+](-c6ccccc6)c6ccccc65)c4)cc32)c1. The molecular weight excluding hydrogens is 552 g/mol. The van der Waals surface area contributed by atoms with Gasteiger partial charge >= 0.3 is 0 Å². The monoisotopic (exact) mass is 585 g/mol. The molecule has 8 rings (SSSR count). The van der Waals surface area contributed by atoms with E-state index in [1.807, 2.05) is 24.4 Å². The second kappa shape index (κ2) is 10.5. The minimum absolute atomic E-state index is 0.0150. The molecule has 0 spiro atoms. The number of para-hydroxylation sites is 4. The first-order valence-electron chi connectivity index (χ1n) is 15.3. The molecule has 45 heavy (non-hydrogen) atoms. The highest BCUT2D eigenvalue weighted by molar-refractivity contribution is 6.09. The Morgan fingerprint density at radius 2 is 1.36 bits per heavy atom. The van der Waals surface area contributed by atoms with Crippen molar-refractivity contribution in [3.05, 3.63) is 152 Å². The number of fused-ring (bicyclic) bond motifs is 4. The van der Waals surface area contributed by atoms with E-state index in [0.717, 1.165) is 50.8 Å². The zero-order valence-electron chi connectivity index (χ0n) is 25.6. The highest BCUT2D eigenvalue weighted by Gasteiger charge is 2.20. The molecule has 5 heteroatoms. The first-order valence-corrected chi connectivity index (χ1v) is 15.3. The lowest BCUT2D eigenvalue weighted by Crippen LogP contribution is -2.28. The fraction of sp³-hybridized carbons (Fsp3) is 0.100. The molecule has 5 aromatic carbocycles. The van der Waals surface area contributed by atoms with E-state index in [4.69, 9.17) is 9.72 Å². The standard InChI is InChI=1S/C40H33N4O/c1-40(2,3)28-22-23-41-39(24-28)44-35-17-8-7-16-33(35)34-21-20-32(26-38(34)44)45-31-15-11-14-30(25-31)43-27-42(29-12-5-4-6-13-29)36-18-9-10-19-37(36)43/h4-27H,1-3H3/q+1. The molecule has 0 aliphatic heterocycles. The molecule has 5 nitrogen and oxygen atoms in total. The lowest BCUT2D eigenvalue weighted by Gasteiger charge is -2.20. The quantitative estimate of drug-likeness (QED) is 0.189. The summed E-state index contributed by atoms with van der Waals surface area (Å²) in [5.74, 6) is 2.44. The second-order valence-corrected chi connectivity index (χ2v) is 12.5. The van der Waals surface area contributed by atoms with E-state index in [1.165, 1.54) is 16.3 Å². The Balaban J connectivity index is 1.21. The summed E-state index contributed by atoms with van der Waals surface area (Å²) < 4.78 is 13.2. The summed E-state index contributed by atoms with van der Waals surface area (Å²) in [5.41, 5.74) is 7.84. The number of hydrogen-bond donors (Lipinski definition) is 0. The molecule has 0 aliphatic rings. The second-order valence-electron chi connectivity index (χ2n) is 12.5. The van der Waals surface area contributed by atoms with Gasteiger partial charge in [-0.3, -0.25) is 4.57 Å². The van der Waals surface area contributed by atoms with Crippen molar-refractivity contribution in [3.8, 4) is 28.7 Å². The molecule has 3 aromatic heterocycles. The van der Waals surface area contributed by atoms with Gasteiger partial charge < -0.3 is 4.74 Å². The van der Waals surface area contributed by atoms with Crippen molar-refractivity contribution in [1.29, 1.82) is 0 Å². The molecular formula is C40H33N4O+. The predicted octanol–water partition coefficient (Wildman–Crippen LogP) is 9.49. The summed E-state index contributed by atoms with van der Waals surface area (Å²) in [6.45, 7) is 6.70. The van der Waals surface area contributed by atoms with Crippen molar-refractivity contribution in [2.75, 3.05) is 0 Å². The molecule has 0 atom stereocenters. The molecule has 0 aliphatic carbocycles. The van der Waals surface area contributed by atoms with Crippen LogP contribution in [-0.2, 0) is 5.41 Å². The summed E-state index contributed by atoms with van der Waals surface area (Å²) in [6.07, 6.45) is 4.05. The van der Waals surface area contributed by atoms with Crippen molar-refractivity contribution in [2.24, 2.45) is 0 Å². The topological polar surface area (TPSA) is 35.9 Å². The van der Waals surface area contributed by atoms with Crippen LogP contribution in [0.3, 0.4) is 0 Å².